The summed E-state index contributed by atoms with van der Waals surface area (Å²) >= 11 is 0. The van der Waals surface area contributed by atoms with E-state index in [1.807, 2.05) is 6.07 Å². The van der Waals surface area contributed by atoms with E-state index in [-0.39, 0.29) is 5.56 Å². The molecule has 0 fully saturated rings. The van der Waals surface area contributed by atoms with Crippen molar-refractivity contribution in [1.29, 1.82) is 0 Å². The molecule has 0 heterocycles. The topological polar surface area (TPSA) is 53.0 Å². The molecule has 0 aliphatic heterocycles. The molecule has 21 heavy (non-hydrogen) atoms. The lowest BCUT2D eigenvalue weighted by Gasteiger charge is -2.30. The summed E-state index contributed by atoms with van der Waals surface area (Å²) in [6, 6.07) is 5.76. The Balaban J connectivity index is 2.90. The Morgan fingerprint density at radius 3 is 2.52 bits per heavy atom. The van der Waals surface area contributed by atoms with Gasteiger partial charge >= 0.3 is 5.97 Å². The molecule has 1 aromatic carbocycles. The van der Waals surface area contributed by atoms with Crippen LogP contribution >= 0.6 is 0 Å². The van der Waals surface area contributed by atoms with Crippen LogP contribution in [0.15, 0.2) is 18.2 Å². The van der Waals surface area contributed by atoms with E-state index in [1.165, 1.54) is 7.11 Å². The number of carbonyl (C=O) groups is 1. The van der Waals surface area contributed by atoms with Gasteiger partial charge in [-0.1, -0.05) is 13.0 Å². The molecule has 1 atom stereocenters. The van der Waals surface area contributed by atoms with Gasteiger partial charge in [0.2, 0.25) is 0 Å². The molecular weight excluding hydrogens is 268 g/mol. The molecule has 1 unspecified atom stereocenters. The van der Waals surface area contributed by atoms with Crippen molar-refractivity contribution in [1.82, 2.24) is 9.80 Å². The normalized spacial score (nSPS) is 12.7. The SMILES string of the molecule is CCN(Cc1ccc(OC)c(C(=O)O)c1)C(C)CN(C)C. The van der Waals surface area contributed by atoms with Crippen molar-refractivity contribution in [2.75, 3.05) is 34.3 Å². The molecule has 0 amide bonds. The summed E-state index contributed by atoms with van der Waals surface area (Å²) in [4.78, 5) is 15.8. The van der Waals surface area contributed by atoms with E-state index in [1.54, 1.807) is 12.1 Å². The third-order valence-corrected chi connectivity index (χ3v) is 3.54. The number of ether oxygens (including phenoxy) is 1. The Morgan fingerprint density at radius 1 is 1.38 bits per heavy atom. The second kappa shape index (κ2) is 8.00. The summed E-state index contributed by atoms with van der Waals surface area (Å²) in [6.45, 7) is 6.92. The lowest BCUT2D eigenvalue weighted by molar-refractivity contribution is 0.0693. The average molecular weight is 294 g/mol. The molecule has 0 saturated heterocycles. The van der Waals surface area contributed by atoms with Crippen LogP contribution in [0.1, 0.15) is 29.8 Å². The number of methoxy groups -OCH3 is 1. The largest absolute Gasteiger partial charge is 0.496 e. The first-order valence-electron chi connectivity index (χ1n) is 7.18. The summed E-state index contributed by atoms with van der Waals surface area (Å²) in [6.07, 6.45) is 0. The monoisotopic (exact) mass is 294 g/mol. The fourth-order valence-corrected chi connectivity index (χ4v) is 2.48. The highest BCUT2D eigenvalue weighted by Crippen LogP contribution is 2.21. The minimum absolute atomic E-state index is 0.214. The second-order valence-electron chi connectivity index (χ2n) is 5.51. The fraction of sp³-hybridized carbons (Fsp3) is 0.562. The van der Waals surface area contributed by atoms with Crippen LogP contribution in [0.2, 0.25) is 0 Å². The highest BCUT2D eigenvalue weighted by molar-refractivity contribution is 5.91. The zero-order valence-corrected chi connectivity index (χ0v) is 13.6. The summed E-state index contributed by atoms with van der Waals surface area (Å²) in [5, 5.41) is 9.24. The number of hydrogen-bond acceptors (Lipinski definition) is 4. The fourth-order valence-electron chi connectivity index (χ4n) is 2.48. The van der Waals surface area contributed by atoms with Crippen LogP contribution in [0.25, 0.3) is 0 Å². The molecule has 0 bridgehead atoms. The van der Waals surface area contributed by atoms with E-state index >= 15 is 0 Å². The second-order valence-corrected chi connectivity index (χ2v) is 5.51. The lowest BCUT2D eigenvalue weighted by atomic mass is 10.1. The number of aromatic carboxylic acids is 1. The van der Waals surface area contributed by atoms with Gasteiger partial charge in [0, 0.05) is 19.1 Å². The quantitative estimate of drug-likeness (QED) is 0.796. The Morgan fingerprint density at radius 2 is 2.05 bits per heavy atom. The van der Waals surface area contributed by atoms with Crippen molar-refractivity contribution in [3.8, 4) is 5.75 Å². The predicted octanol–water partition coefficient (Wildman–Crippen LogP) is 2.17. The highest BCUT2D eigenvalue weighted by atomic mass is 16.5. The van der Waals surface area contributed by atoms with Gasteiger partial charge < -0.3 is 14.7 Å². The molecule has 0 aromatic heterocycles. The molecular formula is C16H26N2O3. The number of nitrogens with zero attached hydrogens (tertiary/aromatic N) is 2. The summed E-state index contributed by atoms with van der Waals surface area (Å²) in [5.74, 6) is -0.561. The zero-order chi connectivity index (χ0) is 16.0. The van der Waals surface area contributed by atoms with Crippen LogP contribution in [0.3, 0.4) is 0 Å². The summed E-state index contributed by atoms with van der Waals surface area (Å²) in [5.41, 5.74) is 1.20. The van der Waals surface area contributed by atoms with E-state index in [0.717, 1.165) is 25.2 Å². The van der Waals surface area contributed by atoms with Gasteiger partial charge in [0.1, 0.15) is 11.3 Å². The van der Waals surface area contributed by atoms with Crippen LogP contribution in [-0.2, 0) is 6.54 Å². The smallest absolute Gasteiger partial charge is 0.339 e. The van der Waals surface area contributed by atoms with Crippen LogP contribution in [0.5, 0.6) is 5.75 Å². The van der Waals surface area contributed by atoms with E-state index in [9.17, 15) is 9.90 Å². The Labute approximate surface area is 127 Å². The molecule has 5 nitrogen and oxygen atoms in total. The van der Waals surface area contributed by atoms with Crippen LogP contribution in [0, 0.1) is 0 Å². The maximum Gasteiger partial charge on any atom is 0.339 e. The van der Waals surface area contributed by atoms with Crippen molar-refractivity contribution in [3.63, 3.8) is 0 Å². The van der Waals surface area contributed by atoms with Gasteiger partial charge in [-0.2, -0.15) is 0 Å². The number of carboxylic acid groups (broad SMARTS) is 1. The number of likely N-dealkylation sites (N-methyl/N-ethyl adjacent to an activating group) is 2. The third kappa shape index (κ3) is 5.02. The lowest BCUT2D eigenvalue weighted by Crippen LogP contribution is -2.39. The number of carboxylic acids is 1. The van der Waals surface area contributed by atoms with Crippen LogP contribution < -0.4 is 4.74 Å². The maximum absolute atomic E-state index is 11.3. The molecule has 0 aliphatic rings. The summed E-state index contributed by atoms with van der Waals surface area (Å²) < 4.78 is 5.09. The van der Waals surface area contributed by atoms with Crippen molar-refractivity contribution in [2.24, 2.45) is 0 Å². The van der Waals surface area contributed by atoms with E-state index in [2.05, 4.69) is 37.7 Å². The molecule has 0 aliphatic carbocycles. The number of rotatable bonds is 8. The van der Waals surface area contributed by atoms with Gasteiger partial charge in [0.05, 0.1) is 7.11 Å². The van der Waals surface area contributed by atoms with Gasteiger partial charge in [-0.3, -0.25) is 4.90 Å². The van der Waals surface area contributed by atoms with Crippen LogP contribution in [-0.4, -0.2) is 61.2 Å². The van der Waals surface area contributed by atoms with Crippen molar-refractivity contribution >= 4 is 5.97 Å². The minimum Gasteiger partial charge on any atom is -0.496 e. The Bertz CT molecular complexity index is 475. The van der Waals surface area contributed by atoms with E-state index in [0.29, 0.717) is 11.8 Å². The van der Waals surface area contributed by atoms with Gasteiger partial charge in [0.25, 0.3) is 0 Å². The van der Waals surface area contributed by atoms with Gasteiger partial charge in [0.15, 0.2) is 0 Å². The van der Waals surface area contributed by atoms with Crippen LogP contribution in [0.4, 0.5) is 0 Å². The van der Waals surface area contributed by atoms with E-state index < -0.39 is 5.97 Å². The van der Waals surface area contributed by atoms with Crippen molar-refractivity contribution in [2.45, 2.75) is 26.4 Å². The molecule has 1 rings (SSSR count). The molecule has 1 aromatic rings. The molecule has 0 saturated carbocycles. The molecule has 0 radical (unpaired) electrons. The minimum atomic E-state index is -0.960. The Kier molecular flexibility index (Phi) is 6.65. The number of hydrogen-bond donors (Lipinski definition) is 1. The molecule has 0 spiro atoms. The standard InChI is InChI=1S/C16H26N2O3/c1-6-18(12(2)10-17(3)4)11-13-7-8-15(21-5)14(9-13)16(19)20/h7-9,12H,6,10-11H2,1-5H3,(H,19,20). The maximum atomic E-state index is 11.3. The van der Waals surface area contributed by atoms with Crippen molar-refractivity contribution in [3.05, 3.63) is 29.3 Å². The Hall–Kier alpha value is -1.59. The first-order valence-corrected chi connectivity index (χ1v) is 7.18. The molecule has 5 heteroatoms. The zero-order valence-electron chi connectivity index (χ0n) is 13.6. The predicted molar refractivity (Wildman–Crippen MR) is 84.1 cm³/mol. The first kappa shape index (κ1) is 17.5. The molecule has 1 N–H and O–H groups in total. The van der Waals surface area contributed by atoms with Gasteiger partial charge in [-0.15, -0.1) is 0 Å². The van der Waals surface area contributed by atoms with E-state index in [4.69, 9.17) is 4.74 Å². The van der Waals surface area contributed by atoms with Gasteiger partial charge in [-0.25, -0.2) is 4.79 Å². The number of benzene rings is 1. The van der Waals surface area contributed by atoms with Gasteiger partial charge in [-0.05, 0) is 45.3 Å². The van der Waals surface area contributed by atoms with Crippen molar-refractivity contribution < 1.29 is 14.6 Å². The average Bonchev–Trinajstić information content (AvgIpc) is 2.43. The third-order valence-electron chi connectivity index (χ3n) is 3.54. The molecule has 118 valence electrons. The summed E-state index contributed by atoms with van der Waals surface area (Å²) in [7, 11) is 5.60. The highest BCUT2D eigenvalue weighted by Gasteiger charge is 2.16. The first-order chi connectivity index (χ1) is 9.88.